The molecule has 0 N–H and O–H groups in total. The second kappa shape index (κ2) is 11.1. The Labute approximate surface area is 323 Å². The van der Waals surface area contributed by atoms with E-state index in [0.29, 0.717) is 0 Å². The van der Waals surface area contributed by atoms with Crippen LogP contribution in [0.5, 0.6) is 0 Å². The van der Waals surface area contributed by atoms with Crippen LogP contribution >= 0.6 is 0 Å². The number of hydrogen-bond acceptors (Lipinski definition) is 2. The Morgan fingerprint density at radius 1 is 0.446 bits per heavy atom. The number of para-hydroxylation sites is 2. The molecule has 13 rings (SSSR count). The van der Waals surface area contributed by atoms with Crippen LogP contribution in [0.3, 0.4) is 0 Å². The molecular weight excluding hydrogens is 679 g/mol. The van der Waals surface area contributed by atoms with Gasteiger partial charge in [-0.1, -0.05) is 152 Å². The second-order valence-corrected chi connectivity index (χ2v) is 15.2. The molecule has 0 saturated heterocycles. The molecule has 0 fully saturated rings. The monoisotopic (exact) mass is 710 g/mol. The molecule has 0 amide bonds. The normalized spacial score (nSPS) is 12.9. The summed E-state index contributed by atoms with van der Waals surface area (Å²) in [6.07, 6.45) is 0. The first-order valence-corrected chi connectivity index (χ1v) is 19.4. The van der Waals surface area contributed by atoms with Gasteiger partial charge < -0.3 is 13.8 Å². The Morgan fingerprint density at radius 2 is 1.12 bits per heavy atom. The van der Waals surface area contributed by atoms with Crippen molar-refractivity contribution in [3.63, 3.8) is 0 Å². The van der Waals surface area contributed by atoms with E-state index in [-0.39, 0.29) is 6.85 Å². The summed E-state index contributed by atoms with van der Waals surface area (Å²) in [5, 5.41) is 7.46. The van der Waals surface area contributed by atoms with Crippen molar-refractivity contribution in [2.45, 2.75) is 0 Å². The molecule has 4 heterocycles. The molecule has 11 aromatic rings. The lowest BCUT2D eigenvalue weighted by Gasteiger charge is -2.40. The number of hydrogen-bond donors (Lipinski definition) is 0. The van der Waals surface area contributed by atoms with E-state index in [2.05, 4.69) is 197 Å². The smallest absolute Gasteiger partial charge is 0.333 e. The largest absolute Gasteiger partial charge is 0.456 e. The summed E-state index contributed by atoms with van der Waals surface area (Å²) >= 11 is 0. The molecule has 258 valence electrons. The number of nitrogens with zero attached hydrogens (tertiary/aromatic N) is 2. The summed E-state index contributed by atoms with van der Waals surface area (Å²) in [5.41, 5.74) is 17.7. The standard InChI is InChI=1S/C52H31BN2O/c1-3-12-32(13-4-1)34-22-26-37(27-23-34)54-43-28-25-36(33-14-5-2-6-15-33)30-42(43)53-51-45(54)31-47-49(39-18-9-10-21-46(39)56-47)50(51)41-20-11-19-40-48-38-17-8-7-16-35(38)24-29-44(48)55(53)52(40)41/h1-31H. The lowest BCUT2D eigenvalue weighted by Crippen LogP contribution is -2.56. The third-order valence-electron chi connectivity index (χ3n) is 12.3. The zero-order valence-electron chi connectivity index (χ0n) is 30.3. The van der Waals surface area contributed by atoms with Crippen molar-refractivity contribution < 1.29 is 4.42 Å². The topological polar surface area (TPSA) is 21.3 Å². The average Bonchev–Trinajstić information content (AvgIpc) is 3.82. The van der Waals surface area contributed by atoms with Gasteiger partial charge in [-0.3, -0.25) is 0 Å². The molecule has 2 aromatic heterocycles. The second-order valence-electron chi connectivity index (χ2n) is 15.2. The SMILES string of the molecule is c1ccc(-c2ccc(N3c4ccc(-c5ccccc5)cc4B4c5c3cc3oc6ccccc6c3c5-c3cccc5c6c7ccccc7ccc6n4c35)cc2)cc1. The van der Waals surface area contributed by atoms with Crippen LogP contribution in [0, 0.1) is 0 Å². The van der Waals surface area contributed by atoms with Crippen molar-refractivity contribution in [1.82, 2.24) is 4.48 Å². The van der Waals surface area contributed by atoms with Crippen LogP contribution in [0.1, 0.15) is 0 Å². The van der Waals surface area contributed by atoms with Crippen LogP contribution in [0.2, 0.25) is 0 Å². The Morgan fingerprint density at radius 3 is 1.95 bits per heavy atom. The van der Waals surface area contributed by atoms with E-state index < -0.39 is 0 Å². The van der Waals surface area contributed by atoms with E-state index in [0.717, 1.165) is 27.9 Å². The third kappa shape index (κ3) is 3.97. The molecule has 3 nitrogen and oxygen atoms in total. The number of anilines is 3. The molecule has 0 atom stereocenters. The van der Waals surface area contributed by atoms with E-state index in [1.54, 1.807) is 0 Å². The van der Waals surface area contributed by atoms with Crippen LogP contribution in [0.15, 0.2) is 192 Å². The van der Waals surface area contributed by atoms with Crippen molar-refractivity contribution in [1.29, 1.82) is 0 Å². The van der Waals surface area contributed by atoms with E-state index in [1.165, 1.54) is 88.0 Å². The maximum atomic E-state index is 6.81. The fourth-order valence-electron chi connectivity index (χ4n) is 10.0. The van der Waals surface area contributed by atoms with Crippen LogP contribution in [-0.2, 0) is 0 Å². The van der Waals surface area contributed by atoms with Crippen molar-refractivity contribution in [3.8, 4) is 33.4 Å². The Bertz CT molecular complexity index is 3420. The molecule has 0 saturated carbocycles. The first-order valence-electron chi connectivity index (χ1n) is 19.4. The maximum Gasteiger partial charge on any atom is 0.333 e. The highest BCUT2D eigenvalue weighted by molar-refractivity contribution is 6.90. The fourth-order valence-corrected chi connectivity index (χ4v) is 10.0. The highest BCUT2D eigenvalue weighted by Crippen LogP contribution is 2.50. The van der Waals surface area contributed by atoms with Crippen LogP contribution in [-0.4, -0.2) is 11.3 Å². The highest BCUT2D eigenvalue weighted by atomic mass is 16.3. The van der Waals surface area contributed by atoms with E-state index in [4.69, 9.17) is 4.42 Å². The molecule has 0 spiro atoms. The lowest BCUT2D eigenvalue weighted by atomic mass is 9.44. The molecule has 9 aromatic carbocycles. The molecule has 56 heavy (non-hydrogen) atoms. The molecular formula is C52H31BN2O. The summed E-state index contributed by atoms with van der Waals surface area (Å²) < 4.78 is 9.48. The van der Waals surface area contributed by atoms with Gasteiger partial charge in [0.1, 0.15) is 11.2 Å². The van der Waals surface area contributed by atoms with Crippen molar-refractivity contribution in [2.24, 2.45) is 0 Å². The van der Waals surface area contributed by atoms with Gasteiger partial charge in [-0.25, -0.2) is 0 Å². The summed E-state index contributed by atoms with van der Waals surface area (Å²) in [4.78, 5) is 2.48. The summed E-state index contributed by atoms with van der Waals surface area (Å²) in [5.74, 6) is 0. The number of fused-ring (bicyclic) bond motifs is 13. The van der Waals surface area contributed by atoms with Crippen LogP contribution in [0.25, 0.3) is 87.9 Å². The zero-order chi connectivity index (χ0) is 36.5. The van der Waals surface area contributed by atoms with Crippen molar-refractivity contribution in [3.05, 3.63) is 188 Å². The van der Waals surface area contributed by atoms with Gasteiger partial charge in [-0.2, -0.15) is 0 Å². The Hall–Kier alpha value is -7.30. The molecule has 0 radical (unpaired) electrons. The third-order valence-corrected chi connectivity index (χ3v) is 12.3. The summed E-state index contributed by atoms with van der Waals surface area (Å²) in [7, 11) is 0. The Kier molecular flexibility index (Phi) is 5.98. The van der Waals surface area contributed by atoms with Crippen molar-refractivity contribution >= 4 is 89.4 Å². The van der Waals surface area contributed by atoms with Gasteiger partial charge in [-0.15, -0.1) is 0 Å². The first-order chi connectivity index (χ1) is 27.8. The number of aromatic nitrogens is 1. The van der Waals surface area contributed by atoms with E-state index >= 15 is 0 Å². The van der Waals surface area contributed by atoms with Crippen LogP contribution < -0.4 is 15.8 Å². The predicted octanol–water partition coefficient (Wildman–Crippen LogP) is 12.6. The number of benzene rings is 9. The minimum Gasteiger partial charge on any atom is -0.456 e. The molecule has 0 aliphatic carbocycles. The quantitative estimate of drug-likeness (QED) is 0.170. The molecule has 2 aliphatic rings. The van der Waals surface area contributed by atoms with Gasteiger partial charge in [0.2, 0.25) is 0 Å². The van der Waals surface area contributed by atoms with Gasteiger partial charge in [0, 0.05) is 61.3 Å². The minimum absolute atomic E-state index is 0.0902. The van der Waals surface area contributed by atoms with Gasteiger partial charge in [0.05, 0.1) is 0 Å². The van der Waals surface area contributed by atoms with E-state index in [1.807, 2.05) is 0 Å². The average molecular weight is 711 g/mol. The highest BCUT2D eigenvalue weighted by Gasteiger charge is 2.44. The number of rotatable bonds is 3. The minimum atomic E-state index is -0.0902. The molecule has 4 heteroatoms. The fraction of sp³-hybridized carbons (Fsp3) is 0. The predicted molar refractivity (Wildman–Crippen MR) is 236 cm³/mol. The van der Waals surface area contributed by atoms with Crippen LogP contribution in [0.4, 0.5) is 17.1 Å². The zero-order valence-corrected chi connectivity index (χ0v) is 30.3. The van der Waals surface area contributed by atoms with Gasteiger partial charge in [-0.05, 0) is 79.8 Å². The molecule has 0 bridgehead atoms. The van der Waals surface area contributed by atoms with Gasteiger partial charge in [0.25, 0.3) is 0 Å². The number of furan rings is 1. The summed E-state index contributed by atoms with van der Waals surface area (Å²) in [6.45, 7) is -0.0902. The first kappa shape index (κ1) is 30.1. The van der Waals surface area contributed by atoms with Gasteiger partial charge in [0.15, 0.2) is 0 Å². The van der Waals surface area contributed by atoms with E-state index in [9.17, 15) is 0 Å². The summed E-state index contributed by atoms with van der Waals surface area (Å²) in [6, 6.07) is 68.8. The molecule has 2 aliphatic heterocycles. The molecule has 0 unspecified atom stereocenters. The lowest BCUT2D eigenvalue weighted by molar-refractivity contribution is 0.669. The van der Waals surface area contributed by atoms with Gasteiger partial charge >= 0.3 is 6.85 Å². The Balaban J connectivity index is 1.20. The maximum absolute atomic E-state index is 6.81. The van der Waals surface area contributed by atoms with Crippen molar-refractivity contribution in [2.75, 3.05) is 4.90 Å².